The van der Waals surface area contributed by atoms with Gasteiger partial charge in [-0.05, 0) is 12.0 Å². The number of primary amides is 1. The lowest BCUT2D eigenvalue weighted by atomic mass is 10.0. The maximum atomic E-state index is 11.9. The minimum atomic E-state index is -1.09. The van der Waals surface area contributed by atoms with Crippen molar-refractivity contribution in [2.24, 2.45) is 5.73 Å². The summed E-state index contributed by atoms with van der Waals surface area (Å²) in [7, 11) is 3.47. The van der Waals surface area contributed by atoms with E-state index < -0.39 is 12.0 Å². The lowest BCUT2D eigenvalue weighted by Crippen LogP contribution is -2.27. The standard InChI is InChI=1S/C19H19N5O2/c1-4-13-14(10-20)18(24(2)3)23-19(15(13)11-21)26-16(17(22)25)12-8-6-5-7-9-12/h5-9,16H,4H2,1-3H3,(H2,22,25). The van der Waals surface area contributed by atoms with E-state index in [0.717, 1.165) is 0 Å². The Labute approximate surface area is 152 Å². The number of nitriles is 2. The number of ether oxygens (including phenoxy) is 1. The second kappa shape index (κ2) is 8.00. The molecular weight excluding hydrogens is 330 g/mol. The van der Waals surface area contributed by atoms with E-state index >= 15 is 0 Å². The summed E-state index contributed by atoms with van der Waals surface area (Å²) in [5.74, 6) is -0.343. The molecule has 0 saturated heterocycles. The van der Waals surface area contributed by atoms with Gasteiger partial charge in [-0.15, -0.1) is 0 Å². The van der Waals surface area contributed by atoms with Crippen molar-refractivity contribution in [3.63, 3.8) is 0 Å². The summed E-state index contributed by atoms with van der Waals surface area (Å²) < 4.78 is 5.77. The van der Waals surface area contributed by atoms with E-state index in [0.29, 0.717) is 28.9 Å². The Morgan fingerprint density at radius 1 is 1.23 bits per heavy atom. The molecule has 0 aliphatic carbocycles. The Hall–Kier alpha value is -3.58. The Bertz CT molecular complexity index is 895. The summed E-state index contributed by atoms with van der Waals surface area (Å²) in [4.78, 5) is 17.9. The van der Waals surface area contributed by atoms with E-state index in [2.05, 4.69) is 11.1 Å². The molecule has 132 valence electrons. The molecule has 2 N–H and O–H groups in total. The quantitative estimate of drug-likeness (QED) is 0.853. The first kappa shape index (κ1) is 18.8. The van der Waals surface area contributed by atoms with Gasteiger partial charge in [0, 0.05) is 19.7 Å². The fraction of sp³-hybridized carbons (Fsp3) is 0.263. The van der Waals surface area contributed by atoms with Crippen molar-refractivity contribution in [2.45, 2.75) is 19.4 Å². The van der Waals surface area contributed by atoms with E-state index in [1.807, 2.05) is 19.1 Å². The first-order valence-electron chi connectivity index (χ1n) is 7.99. The zero-order chi connectivity index (χ0) is 19.3. The normalized spacial score (nSPS) is 11.1. The minimum absolute atomic E-state index is 0.0142. The number of aromatic nitrogens is 1. The molecule has 1 aromatic heterocycles. The number of carbonyl (C=O) groups excluding carboxylic acids is 1. The SMILES string of the molecule is CCc1c(C#N)c(OC(C(N)=O)c2ccccc2)nc(N(C)C)c1C#N. The van der Waals surface area contributed by atoms with Crippen LogP contribution >= 0.6 is 0 Å². The highest BCUT2D eigenvalue weighted by Gasteiger charge is 2.26. The van der Waals surface area contributed by atoms with Crippen LogP contribution in [0.3, 0.4) is 0 Å². The average molecular weight is 349 g/mol. The maximum absolute atomic E-state index is 11.9. The number of hydrogen-bond donors (Lipinski definition) is 1. The number of hydrogen-bond acceptors (Lipinski definition) is 6. The molecule has 0 spiro atoms. The lowest BCUT2D eigenvalue weighted by molar-refractivity contribution is -0.125. The molecule has 1 atom stereocenters. The smallest absolute Gasteiger partial charge is 0.263 e. The molecule has 1 heterocycles. The van der Waals surface area contributed by atoms with Crippen molar-refractivity contribution in [3.05, 3.63) is 52.6 Å². The molecule has 1 unspecified atom stereocenters. The summed E-state index contributed by atoms with van der Waals surface area (Å²) in [5, 5.41) is 19.1. The van der Waals surface area contributed by atoms with Gasteiger partial charge in [-0.1, -0.05) is 37.3 Å². The van der Waals surface area contributed by atoms with E-state index in [1.165, 1.54) is 0 Å². The summed E-state index contributed by atoms with van der Waals surface area (Å²) in [5.41, 5.74) is 7.03. The molecule has 0 fully saturated rings. The Morgan fingerprint density at radius 3 is 2.31 bits per heavy atom. The molecule has 0 aliphatic rings. The zero-order valence-electron chi connectivity index (χ0n) is 14.9. The van der Waals surface area contributed by atoms with Crippen molar-refractivity contribution in [1.29, 1.82) is 10.5 Å². The fourth-order valence-corrected chi connectivity index (χ4v) is 2.62. The molecule has 7 heteroatoms. The van der Waals surface area contributed by atoms with Gasteiger partial charge in [0.05, 0.1) is 5.56 Å². The van der Waals surface area contributed by atoms with Gasteiger partial charge in [0.15, 0.2) is 0 Å². The molecule has 1 amide bonds. The van der Waals surface area contributed by atoms with Gasteiger partial charge in [-0.25, -0.2) is 0 Å². The summed E-state index contributed by atoms with van der Waals surface area (Å²) >= 11 is 0. The van der Waals surface area contributed by atoms with E-state index in [4.69, 9.17) is 10.5 Å². The molecule has 0 bridgehead atoms. The average Bonchev–Trinajstić information content (AvgIpc) is 2.64. The summed E-state index contributed by atoms with van der Waals surface area (Å²) in [6.07, 6.45) is -0.651. The molecule has 0 radical (unpaired) electrons. The highest BCUT2D eigenvalue weighted by atomic mass is 16.5. The van der Waals surface area contributed by atoms with Crippen molar-refractivity contribution in [1.82, 2.24) is 4.98 Å². The van der Waals surface area contributed by atoms with Gasteiger partial charge in [-0.2, -0.15) is 15.5 Å². The van der Waals surface area contributed by atoms with Crippen molar-refractivity contribution in [2.75, 3.05) is 19.0 Å². The molecule has 2 rings (SSSR count). The van der Waals surface area contributed by atoms with E-state index in [9.17, 15) is 15.3 Å². The first-order chi connectivity index (χ1) is 12.4. The van der Waals surface area contributed by atoms with Gasteiger partial charge < -0.3 is 15.4 Å². The van der Waals surface area contributed by atoms with Crippen molar-refractivity contribution < 1.29 is 9.53 Å². The van der Waals surface area contributed by atoms with Crippen LogP contribution in [0.25, 0.3) is 0 Å². The van der Waals surface area contributed by atoms with Crippen molar-refractivity contribution in [3.8, 4) is 18.0 Å². The number of benzene rings is 1. The Morgan fingerprint density at radius 2 is 1.85 bits per heavy atom. The third-order valence-corrected chi connectivity index (χ3v) is 3.84. The number of pyridine rings is 1. The second-order valence-electron chi connectivity index (χ2n) is 5.75. The van der Waals surface area contributed by atoms with Gasteiger partial charge in [0.2, 0.25) is 12.0 Å². The topological polar surface area (TPSA) is 116 Å². The molecule has 1 aromatic carbocycles. The number of anilines is 1. The minimum Gasteiger partial charge on any atom is -0.458 e. The third-order valence-electron chi connectivity index (χ3n) is 3.84. The van der Waals surface area contributed by atoms with Crippen LogP contribution in [0.1, 0.15) is 35.3 Å². The first-order valence-corrected chi connectivity index (χ1v) is 7.99. The summed E-state index contributed by atoms with van der Waals surface area (Å²) in [6, 6.07) is 12.9. The molecular formula is C19H19N5O2. The monoisotopic (exact) mass is 349 g/mol. The van der Waals surface area contributed by atoms with Crippen LogP contribution in [-0.4, -0.2) is 25.0 Å². The molecule has 7 nitrogen and oxygen atoms in total. The zero-order valence-corrected chi connectivity index (χ0v) is 14.9. The third kappa shape index (κ3) is 3.57. The van der Waals surface area contributed by atoms with Gasteiger partial charge in [0.25, 0.3) is 5.91 Å². The van der Waals surface area contributed by atoms with Crippen molar-refractivity contribution >= 4 is 11.7 Å². The van der Waals surface area contributed by atoms with Crippen LogP contribution in [0, 0.1) is 22.7 Å². The number of rotatable bonds is 6. The number of nitrogens with zero attached hydrogens (tertiary/aromatic N) is 4. The van der Waals surface area contributed by atoms with Crippen LogP contribution in [0.5, 0.6) is 5.88 Å². The van der Waals surface area contributed by atoms with Gasteiger partial charge in [0.1, 0.15) is 23.5 Å². The van der Waals surface area contributed by atoms with E-state index in [-0.39, 0.29) is 11.4 Å². The van der Waals surface area contributed by atoms with Crippen LogP contribution in [0.2, 0.25) is 0 Å². The fourth-order valence-electron chi connectivity index (χ4n) is 2.62. The maximum Gasteiger partial charge on any atom is 0.263 e. The number of nitrogens with two attached hydrogens (primary N) is 1. The number of carbonyl (C=O) groups is 1. The van der Waals surface area contributed by atoms with Crippen LogP contribution in [0.4, 0.5) is 5.82 Å². The van der Waals surface area contributed by atoms with Crippen LogP contribution in [-0.2, 0) is 11.2 Å². The summed E-state index contributed by atoms with van der Waals surface area (Å²) in [6.45, 7) is 1.84. The van der Waals surface area contributed by atoms with E-state index in [1.54, 1.807) is 43.3 Å². The predicted molar refractivity (Wildman–Crippen MR) is 96.4 cm³/mol. The Kier molecular flexibility index (Phi) is 5.77. The van der Waals surface area contributed by atoms with Crippen LogP contribution in [0.15, 0.2) is 30.3 Å². The largest absolute Gasteiger partial charge is 0.458 e. The Balaban J connectivity index is 2.65. The van der Waals surface area contributed by atoms with Crippen LogP contribution < -0.4 is 15.4 Å². The highest BCUT2D eigenvalue weighted by molar-refractivity contribution is 5.81. The highest BCUT2D eigenvalue weighted by Crippen LogP contribution is 2.32. The van der Waals surface area contributed by atoms with Gasteiger partial charge in [-0.3, -0.25) is 4.79 Å². The van der Waals surface area contributed by atoms with Gasteiger partial charge >= 0.3 is 0 Å². The second-order valence-corrected chi connectivity index (χ2v) is 5.75. The molecule has 2 aromatic rings. The molecule has 0 aliphatic heterocycles. The molecule has 0 saturated carbocycles. The number of amides is 1. The predicted octanol–water partition coefficient (Wildman–Crippen LogP) is 2.06. The lowest BCUT2D eigenvalue weighted by Gasteiger charge is -2.21. The molecule has 26 heavy (non-hydrogen) atoms.